The van der Waals surface area contributed by atoms with Gasteiger partial charge >= 0.3 is 0 Å². The molecule has 0 radical (unpaired) electrons. The molecule has 2 aromatic rings. The minimum absolute atomic E-state index is 0.0663. The van der Waals surface area contributed by atoms with Crippen LogP contribution in [0.25, 0.3) is 0 Å². The average Bonchev–Trinajstić information content (AvgIpc) is 2.68. The maximum Gasteiger partial charge on any atom is 0.204 e. The van der Waals surface area contributed by atoms with Gasteiger partial charge in [0.25, 0.3) is 0 Å². The third kappa shape index (κ3) is 2.97. The number of benzene rings is 2. The number of ketones is 1. The largest absolute Gasteiger partial charge is 0.504 e. The molecular weight excluding hydrogens is 356 g/mol. The highest BCUT2D eigenvalue weighted by molar-refractivity contribution is 6.06. The van der Waals surface area contributed by atoms with E-state index in [4.69, 9.17) is 23.7 Å². The van der Waals surface area contributed by atoms with Crippen molar-refractivity contribution < 1.29 is 38.7 Å². The number of Topliss-reactive ketones (excluding diaryl/α,β-unsaturated/α-hetero) is 1. The summed E-state index contributed by atoms with van der Waals surface area (Å²) < 4.78 is 26.8. The van der Waals surface area contributed by atoms with Gasteiger partial charge in [0.05, 0.1) is 28.4 Å². The fourth-order valence-electron chi connectivity index (χ4n) is 3.08. The van der Waals surface area contributed by atoms with Crippen molar-refractivity contribution in [2.75, 3.05) is 28.4 Å². The van der Waals surface area contributed by atoms with Crippen molar-refractivity contribution >= 4 is 5.78 Å². The molecule has 0 fully saturated rings. The van der Waals surface area contributed by atoms with Gasteiger partial charge in [-0.25, -0.2) is 0 Å². The van der Waals surface area contributed by atoms with Crippen LogP contribution in [0.4, 0.5) is 0 Å². The summed E-state index contributed by atoms with van der Waals surface area (Å²) in [4.78, 5) is 12.9. The van der Waals surface area contributed by atoms with E-state index in [0.717, 1.165) is 0 Å². The lowest BCUT2D eigenvalue weighted by Crippen LogP contribution is -2.36. The van der Waals surface area contributed by atoms with E-state index in [1.54, 1.807) is 6.07 Å². The maximum absolute atomic E-state index is 12.9. The number of aliphatic hydroxyl groups excluding tert-OH is 1. The number of fused-ring (bicyclic) bond motifs is 1. The molecule has 0 saturated carbocycles. The Hall–Kier alpha value is -3.13. The van der Waals surface area contributed by atoms with E-state index >= 15 is 0 Å². The second-order valence-corrected chi connectivity index (χ2v) is 5.80. The van der Waals surface area contributed by atoms with Gasteiger partial charge in [0.1, 0.15) is 11.3 Å². The quantitative estimate of drug-likeness (QED) is 0.818. The summed E-state index contributed by atoms with van der Waals surface area (Å²) in [6.07, 6.45) is -2.53. The molecule has 2 N–H and O–H groups in total. The Morgan fingerprint density at radius 1 is 0.926 bits per heavy atom. The number of phenolic OH excluding ortho intramolecular Hbond substituents is 1. The van der Waals surface area contributed by atoms with E-state index in [-0.39, 0.29) is 34.3 Å². The minimum atomic E-state index is -1.50. The van der Waals surface area contributed by atoms with Gasteiger partial charge in [-0.2, -0.15) is 0 Å². The summed E-state index contributed by atoms with van der Waals surface area (Å²) in [7, 11) is 5.67. The van der Waals surface area contributed by atoms with Crippen LogP contribution in [0.2, 0.25) is 0 Å². The van der Waals surface area contributed by atoms with Crippen LogP contribution in [-0.4, -0.2) is 50.5 Å². The smallest absolute Gasteiger partial charge is 0.204 e. The molecule has 144 valence electrons. The molecule has 2 atom stereocenters. The third-order valence-electron chi connectivity index (χ3n) is 4.38. The lowest BCUT2D eigenvalue weighted by atomic mass is 9.92. The predicted molar refractivity (Wildman–Crippen MR) is 94.5 cm³/mol. The number of carbonyl (C=O) groups is 1. The molecule has 0 saturated heterocycles. The van der Waals surface area contributed by atoms with Crippen LogP contribution in [0.5, 0.6) is 34.5 Å². The molecule has 0 bridgehead atoms. The molecular formula is C19H20O8. The molecule has 0 amide bonds. The summed E-state index contributed by atoms with van der Waals surface area (Å²) in [5.41, 5.74) is 0.477. The van der Waals surface area contributed by atoms with Gasteiger partial charge in [-0.15, -0.1) is 0 Å². The van der Waals surface area contributed by atoms with Crippen LogP contribution in [0.3, 0.4) is 0 Å². The van der Waals surface area contributed by atoms with E-state index in [9.17, 15) is 15.0 Å². The minimum Gasteiger partial charge on any atom is -0.504 e. The fraction of sp³-hybridized carbons (Fsp3) is 0.316. The van der Waals surface area contributed by atoms with Crippen molar-refractivity contribution in [1.82, 2.24) is 0 Å². The van der Waals surface area contributed by atoms with Crippen LogP contribution < -0.4 is 23.7 Å². The number of aliphatic hydroxyl groups is 1. The Balaban J connectivity index is 2.12. The monoisotopic (exact) mass is 376 g/mol. The molecule has 8 nitrogen and oxygen atoms in total. The van der Waals surface area contributed by atoms with Crippen LogP contribution in [-0.2, 0) is 0 Å². The molecule has 1 aliphatic heterocycles. The zero-order valence-corrected chi connectivity index (χ0v) is 15.3. The predicted octanol–water partition coefficient (Wildman–Crippen LogP) is 2.10. The number of hydrogen-bond donors (Lipinski definition) is 2. The highest BCUT2D eigenvalue weighted by Gasteiger charge is 2.41. The van der Waals surface area contributed by atoms with Crippen molar-refractivity contribution in [3.8, 4) is 34.5 Å². The van der Waals surface area contributed by atoms with Crippen LogP contribution in [0, 0.1) is 0 Å². The van der Waals surface area contributed by atoms with Gasteiger partial charge in [-0.1, -0.05) is 6.07 Å². The first kappa shape index (κ1) is 18.7. The summed E-state index contributed by atoms with van der Waals surface area (Å²) in [5.74, 6) is 0.385. The highest BCUT2D eigenvalue weighted by Crippen LogP contribution is 2.49. The van der Waals surface area contributed by atoms with Crippen LogP contribution in [0.15, 0.2) is 24.3 Å². The lowest BCUT2D eigenvalue weighted by molar-refractivity contribution is 0.0208. The number of carbonyl (C=O) groups excluding carboxylic acids is 1. The molecule has 2 aromatic carbocycles. The number of methoxy groups -OCH3 is 4. The summed E-state index contributed by atoms with van der Waals surface area (Å²) >= 11 is 0. The standard InChI is InChI=1S/C19H20O8/c1-23-11-6-5-9(7-10(11)20)17-16(22)15(21)14-12(27-17)8-13(24-2)18(25-3)19(14)26-4/h5-8,16-17,20,22H,1-4H3/t16-,17+/m0/s1. The molecule has 0 spiro atoms. The van der Waals surface area contributed by atoms with Gasteiger partial charge in [-0.05, 0) is 17.7 Å². The Labute approximate surface area is 155 Å². The normalized spacial score (nSPS) is 18.3. The Kier molecular flexibility index (Phi) is 5.00. The third-order valence-corrected chi connectivity index (χ3v) is 4.38. The molecule has 0 unspecified atom stereocenters. The number of rotatable bonds is 5. The van der Waals surface area contributed by atoms with Crippen molar-refractivity contribution in [3.63, 3.8) is 0 Å². The second-order valence-electron chi connectivity index (χ2n) is 5.80. The zero-order valence-electron chi connectivity index (χ0n) is 15.3. The Morgan fingerprint density at radius 2 is 1.59 bits per heavy atom. The molecule has 0 aliphatic carbocycles. The van der Waals surface area contributed by atoms with E-state index in [0.29, 0.717) is 11.3 Å². The first-order valence-electron chi connectivity index (χ1n) is 8.05. The van der Waals surface area contributed by atoms with Gasteiger partial charge in [-0.3, -0.25) is 4.79 Å². The maximum atomic E-state index is 12.9. The fourth-order valence-corrected chi connectivity index (χ4v) is 3.08. The topological polar surface area (TPSA) is 104 Å². The molecule has 0 aromatic heterocycles. The van der Waals surface area contributed by atoms with E-state index in [1.165, 1.54) is 46.6 Å². The van der Waals surface area contributed by atoms with Gasteiger partial charge in [0.2, 0.25) is 11.5 Å². The molecule has 1 aliphatic rings. The zero-order chi connectivity index (χ0) is 19.7. The lowest BCUT2D eigenvalue weighted by Gasteiger charge is -2.31. The first-order valence-corrected chi connectivity index (χ1v) is 8.05. The molecule has 8 heteroatoms. The van der Waals surface area contributed by atoms with Gasteiger partial charge in [0, 0.05) is 6.07 Å². The summed E-state index contributed by atoms with van der Waals surface area (Å²) in [5, 5.41) is 20.5. The number of phenols is 1. The Morgan fingerprint density at radius 3 is 2.15 bits per heavy atom. The highest BCUT2D eigenvalue weighted by atomic mass is 16.5. The Bertz CT molecular complexity index is 876. The van der Waals surface area contributed by atoms with Crippen molar-refractivity contribution in [3.05, 3.63) is 35.4 Å². The SMILES string of the molecule is COc1ccc([C@H]2Oc3cc(OC)c(OC)c(OC)c3C(=O)[C@@H]2O)cc1O. The van der Waals surface area contributed by atoms with Crippen molar-refractivity contribution in [2.45, 2.75) is 12.2 Å². The second kappa shape index (κ2) is 7.24. The van der Waals surface area contributed by atoms with Crippen LogP contribution >= 0.6 is 0 Å². The van der Waals surface area contributed by atoms with E-state index in [1.807, 2.05) is 0 Å². The number of ether oxygens (including phenoxy) is 5. The average molecular weight is 376 g/mol. The van der Waals surface area contributed by atoms with Gasteiger partial charge in [0.15, 0.2) is 35.2 Å². The van der Waals surface area contributed by atoms with Crippen molar-refractivity contribution in [1.29, 1.82) is 0 Å². The summed E-state index contributed by atoms with van der Waals surface area (Å²) in [6.45, 7) is 0. The number of hydrogen-bond acceptors (Lipinski definition) is 8. The molecule has 1 heterocycles. The first-order chi connectivity index (χ1) is 13.0. The number of aromatic hydroxyl groups is 1. The summed E-state index contributed by atoms with van der Waals surface area (Å²) in [6, 6.07) is 6.00. The van der Waals surface area contributed by atoms with Crippen LogP contribution in [0.1, 0.15) is 22.0 Å². The van der Waals surface area contributed by atoms with Gasteiger partial charge < -0.3 is 33.9 Å². The van der Waals surface area contributed by atoms with E-state index < -0.39 is 18.0 Å². The molecule has 3 rings (SSSR count). The van der Waals surface area contributed by atoms with E-state index in [2.05, 4.69) is 0 Å². The molecule has 27 heavy (non-hydrogen) atoms. The van der Waals surface area contributed by atoms with Crippen molar-refractivity contribution in [2.24, 2.45) is 0 Å².